The molecule has 0 bridgehead atoms. The van der Waals surface area contributed by atoms with Gasteiger partial charge in [0.2, 0.25) is 0 Å². The van der Waals surface area contributed by atoms with Gasteiger partial charge in [-0.3, -0.25) is 9.88 Å². The van der Waals surface area contributed by atoms with Crippen LogP contribution in [0.2, 0.25) is 0 Å². The summed E-state index contributed by atoms with van der Waals surface area (Å²) < 4.78 is 0. The first-order chi connectivity index (χ1) is 7.36. The number of pyridine rings is 1. The van der Waals surface area contributed by atoms with E-state index in [1.807, 2.05) is 23.1 Å². The van der Waals surface area contributed by atoms with Crippen LogP contribution in [0.5, 0.6) is 0 Å². The summed E-state index contributed by atoms with van der Waals surface area (Å²) in [4.78, 5) is 6.24. The van der Waals surface area contributed by atoms with Gasteiger partial charge in [0.05, 0.1) is 13.2 Å². The maximum absolute atomic E-state index is 8.82. The van der Waals surface area contributed by atoms with Crippen LogP contribution in [0.3, 0.4) is 0 Å². The first-order valence-corrected chi connectivity index (χ1v) is 5.21. The summed E-state index contributed by atoms with van der Waals surface area (Å²) in [6.07, 6.45) is 2.62. The Bertz CT molecular complexity index is 248. The van der Waals surface area contributed by atoms with Gasteiger partial charge in [0.1, 0.15) is 0 Å². The van der Waals surface area contributed by atoms with Gasteiger partial charge in [-0.25, -0.2) is 0 Å². The Morgan fingerprint density at radius 2 is 1.80 bits per heavy atom. The van der Waals surface area contributed by atoms with Crippen LogP contribution in [-0.2, 0) is 6.42 Å². The van der Waals surface area contributed by atoms with Crippen molar-refractivity contribution in [1.29, 1.82) is 0 Å². The van der Waals surface area contributed by atoms with E-state index in [0.717, 1.165) is 18.7 Å². The molecule has 15 heavy (non-hydrogen) atoms. The lowest BCUT2D eigenvalue weighted by molar-refractivity contribution is 0.162. The molecule has 0 aliphatic carbocycles. The normalized spacial score (nSPS) is 10.9. The summed E-state index contributed by atoms with van der Waals surface area (Å²) in [5, 5.41) is 17.6. The minimum atomic E-state index is 0.127. The lowest BCUT2D eigenvalue weighted by Gasteiger charge is -2.19. The summed E-state index contributed by atoms with van der Waals surface area (Å²) in [6.45, 7) is 2.28. The molecule has 0 aliphatic rings. The Morgan fingerprint density at radius 3 is 2.33 bits per heavy atom. The van der Waals surface area contributed by atoms with Crippen LogP contribution in [0.4, 0.5) is 0 Å². The van der Waals surface area contributed by atoms with Gasteiger partial charge in [-0.2, -0.15) is 0 Å². The highest BCUT2D eigenvalue weighted by atomic mass is 16.3. The van der Waals surface area contributed by atoms with E-state index in [1.54, 1.807) is 6.20 Å². The highest BCUT2D eigenvalue weighted by Crippen LogP contribution is 1.97. The third kappa shape index (κ3) is 4.88. The first-order valence-electron chi connectivity index (χ1n) is 5.21. The van der Waals surface area contributed by atoms with Gasteiger partial charge in [0.25, 0.3) is 0 Å². The second-order valence-corrected chi connectivity index (χ2v) is 3.36. The van der Waals surface area contributed by atoms with E-state index in [-0.39, 0.29) is 13.2 Å². The number of aromatic nitrogens is 1. The Labute approximate surface area is 90.2 Å². The minimum absolute atomic E-state index is 0.127. The Morgan fingerprint density at radius 1 is 1.07 bits per heavy atom. The Kier molecular flexibility index (Phi) is 5.92. The molecule has 1 heterocycles. The quantitative estimate of drug-likeness (QED) is 0.660. The fourth-order valence-electron chi connectivity index (χ4n) is 1.44. The highest BCUT2D eigenvalue weighted by Gasteiger charge is 2.03. The molecule has 4 nitrogen and oxygen atoms in total. The van der Waals surface area contributed by atoms with Gasteiger partial charge < -0.3 is 10.2 Å². The van der Waals surface area contributed by atoms with Crippen LogP contribution < -0.4 is 0 Å². The molecular weight excluding hydrogens is 192 g/mol. The smallest absolute Gasteiger partial charge is 0.0558 e. The molecule has 1 aromatic rings. The third-order valence-electron chi connectivity index (χ3n) is 2.24. The monoisotopic (exact) mass is 210 g/mol. The molecule has 0 amide bonds. The van der Waals surface area contributed by atoms with Crippen molar-refractivity contribution < 1.29 is 10.2 Å². The number of aliphatic hydroxyl groups is 2. The molecule has 4 heteroatoms. The summed E-state index contributed by atoms with van der Waals surface area (Å²) in [5.41, 5.74) is 1.04. The van der Waals surface area contributed by atoms with Gasteiger partial charge in [-0.05, 0) is 12.1 Å². The third-order valence-corrected chi connectivity index (χ3v) is 2.24. The van der Waals surface area contributed by atoms with Crippen molar-refractivity contribution in [3.05, 3.63) is 30.1 Å². The van der Waals surface area contributed by atoms with Crippen LogP contribution in [0, 0.1) is 0 Å². The topological polar surface area (TPSA) is 56.6 Å². The number of rotatable bonds is 7. The molecule has 0 radical (unpaired) electrons. The van der Waals surface area contributed by atoms with Crippen molar-refractivity contribution in [1.82, 2.24) is 9.88 Å². The van der Waals surface area contributed by atoms with Crippen LogP contribution in [-0.4, -0.2) is 52.9 Å². The Hall–Kier alpha value is -0.970. The molecule has 0 spiro atoms. The van der Waals surface area contributed by atoms with E-state index in [2.05, 4.69) is 4.98 Å². The molecule has 1 aromatic heterocycles. The maximum Gasteiger partial charge on any atom is 0.0558 e. The number of nitrogens with zero attached hydrogens (tertiary/aromatic N) is 2. The van der Waals surface area contributed by atoms with Crippen LogP contribution in [0.1, 0.15) is 5.69 Å². The zero-order chi connectivity index (χ0) is 10.9. The highest BCUT2D eigenvalue weighted by molar-refractivity contribution is 5.03. The summed E-state index contributed by atoms with van der Waals surface area (Å²) in [7, 11) is 0. The van der Waals surface area contributed by atoms with Crippen LogP contribution in [0.15, 0.2) is 24.4 Å². The van der Waals surface area contributed by atoms with Crippen molar-refractivity contribution in [3.63, 3.8) is 0 Å². The molecule has 0 saturated heterocycles. The number of aliphatic hydroxyl groups excluding tert-OH is 2. The average molecular weight is 210 g/mol. The lowest BCUT2D eigenvalue weighted by Crippen LogP contribution is -2.31. The maximum atomic E-state index is 8.82. The van der Waals surface area contributed by atoms with Gasteiger partial charge in [0.15, 0.2) is 0 Å². The molecule has 0 atom stereocenters. The molecule has 0 fully saturated rings. The molecule has 0 aliphatic heterocycles. The van der Waals surface area contributed by atoms with E-state index < -0.39 is 0 Å². The van der Waals surface area contributed by atoms with Crippen molar-refractivity contribution in [2.24, 2.45) is 0 Å². The predicted molar refractivity (Wildman–Crippen MR) is 58.6 cm³/mol. The van der Waals surface area contributed by atoms with Crippen molar-refractivity contribution in [2.45, 2.75) is 6.42 Å². The lowest BCUT2D eigenvalue weighted by atomic mass is 10.2. The van der Waals surface area contributed by atoms with Gasteiger partial charge in [-0.15, -0.1) is 0 Å². The van der Waals surface area contributed by atoms with E-state index in [9.17, 15) is 0 Å². The number of hydrogen-bond acceptors (Lipinski definition) is 4. The SMILES string of the molecule is OCCN(CCO)CCc1ccccn1. The zero-order valence-corrected chi connectivity index (χ0v) is 8.84. The summed E-state index contributed by atoms with van der Waals surface area (Å²) >= 11 is 0. The standard InChI is InChI=1S/C11H18N2O2/c14-9-7-13(8-10-15)6-4-11-3-1-2-5-12-11/h1-3,5,14-15H,4,6-10H2. The van der Waals surface area contributed by atoms with E-state index in [1.165, 1.54) is 0 Å². The van der Waals surface area contributed by atoms with Gasteiger partial charge in [0, 0.05) is 37.9 Å². The molecule has 0 aromatic carbocycles. The fourth-order valence-corrected chi connectivity index (χ4v) is 1.44. The summed E-state index contributed by atoms with van der Waals surface area (Å²) in [6, 6.07) is 5.84. The molecule has 84 valence electrons. The van der Waals surface area contributed by atoms with E-state index in [0.29, 0.717) is 13.1 Å². The molecule has 1 rings (SSSR count). The zero-order valence-electron chi connectivity index (χ0n) is 8.84. The van der Waals surface area contributed by atoms with Crippen LogP contribution in [0.25, 0.3) is 0 Å². The second-order valence-electron chi connectivity index (χ2n) is 3.36. The largest absolute Gasteiger partial charge is 0.395 e. The predicted octanol–water partition coefficient (Wildman–Crippen LogP) is -0.0893. The van der Waals surface area contributed by atoms with E-state index >= 15 is 0 Å². The van der Waals surface area contributed by atoms with Crippen LogP contribution >= 0.6 is 0 Å². The van der Waals surface area contributed by atoms with Gasteiger partial charge >= 0.3 is 0 Å². The molecule has 2 N–H and O–H groups in total. The molecule has 0 unspecified atom stereocenters. The van der Waals surface area contributed by atoms with Gasteiger partial charge in [-0.1, -0.05) is 6.07 Å². The average Bonchev–Trinajstić information content (AvgIpc) is 2.28. The Balaban J connectivity index is 2.33. The number of hydrogen-bond donors (Lipinski definition) is 2. The van der Waals surface area contributed by atoms with E-state index in [4.69, 9.17) is 10.2 Å². The summed E-state index contributed by atoms with van der Waals surface area (Å²) in [5.74, 6) is 0. The van der Waals surface area contributed by atoms with Crippen molar-refractivity contribution in [2.75, 3.05) is 32.8 Å². The minimum Gasteiger partial charge on any atom is -0.395 e. The van der Waals surface area contributed by atoms with Crippen molar-refractivity contribution in [3.8, 4) is 0 Å². The molecule has 0 saturated carbocycles. The first kappa shape index (κ1) is 12.1. The fraction of sp³-hybridized carbons (Fsp3) is 0.545. The second kappa shape index (κ2) is 7.34. The van der Waals surface area contributed by atoms with Crippen molar-refractivity contribution >= 4 is 0 Å². The molecular formula is C11H18N2O2.